The number of rotatable bonds is 3. The molecule has 0 radical (unpaired) electrons. The van der Waals surface area contributed by atoms with E-state index in [4.69, 9.17) is 0 Å². The maximum absolute atomic E-state index is 13.3. The zero-order valence-corrected chi connectivity index (χ0v) is 13.8. The average molecular weight is 354 g/mol. The molecule has 0 fully saturated rings. The van der Waals surface area contributed by atoms with Crippen LogP contribution < -0.4 is 4.90 Å². The Morgan fingerprint density at radius 2 is 1.80 bits per heavy atom. The normalized spacial score (nSPS) is 15.0. The Kier molecular flexibility index (Phi) is 3.89. The molecule has 1 aromatic heterocycles. The predicted octanol–water partition coefficient (Wildman–Crippen LogP) is 4.69. The highest BCUT2D eigenvalue weighted by Crippen LogP contribution is 2.36. The van der Waals surface area contributed by atoms with Crippen molar-refractivity contribution in [3.63, 3.8) is 0 Å². The largest absolute Gasteiger partial charge is 0.281 e. The summed E-state index contributed by atoms with van der Waals surface area (Å²) in [5, 5.41) is 3.79. The van der Waals surface area contributed by atoms with Gasteiger partial charge in [-0.2, -0.15) is 11.3 Å². The van der Waals surface area contributed by atoms with Gasteiger partial charge < -0.3 is 0 Å². The molecule has 0 atom stereocenters. The fourth-order valence-corrected chi connectivity index (χ4v) is 3.49. The van der Waals surface area contributed by atoms with Crippen molar-refractivity contribution in [3.8, 4) is 0 Å². The van der Waals surface area contributed by atoms with Crippen LogP contribution in [0.3, 0.4) is 0 Å². The molecule has 1 aliphatic heterocycles. The molecule has 1 aliphatic rings. The van der Waals surface area contributed by atoms with Crippen LogP contribution in [-0.2, 0) is 11.3 Å². The summed E-state index contributed by atoms with van der Waals surface area (Å²) in [6.45, 7) is 0.0293. The average Bonchev–Trinajstić information content (AvgIpc) is 3.18. The minimum Gasteiger partial charge on any atom is -0.274 e. The second-order valence-electron chi connectivity index (χ2n) is 5.58. The van der Waals surface area contributed by atoms with Gasteiger partial charge in [0.15, 0.2) is 0 Å². The van der Waals surface area contributed by atoms with Crippen molar-refractivity contribution in [2.75, 3.05) is 4.90 Å². The van der Waals surface area contributed by atoms with E-state index < -0.39 is 11.6 Å². The van der Waals surface area contributed by atoms with Gasteiger partial charge in [-0.25, -0.2) is 8.78 Å². The van der Waals surface area contributed by atoms with Crippen LogP contribution in [0.15, 0.2) is 64.3 Å². The summed E-state index contributed by atoms with van der Waals surface area (Å²) in [5.41, 5.74) is 2.94. The first kappa shape index (κ1) is 15.7. The molecule has 25 heavy (non-hydrogen) atoms. The van der Waals surface area contributed by atoms with Crippen molar-refractivity contribution in [3.05, 3.63) is 82.1 Å². The number of hydrogen-bond acceptors (Lipinski definition) is 3. The molecule has 2 aromatic carbocycles. The van der Waals surface area contributed by atoms with Gasteiger partial charge in [0, 0.05) is 17.0 Å². The molecule has 0 aliphatic carbocycles. The van der Waals surface area contributed by atoms with E-state index in [9.17, 15) is 13.6 Å². The molecule has 0 unspecified atom stereocenters. The number of halogens is 2. The molecule has 0 N–H and O–H groups in total. The third-order valence-electron chi connectivity index (χ3n) is 3.91. The van der Waals surface area contributed by atoms with Crippen molar-refractivity contribution in [2.24, 2.45) is 4.99 Å². The van der Waals surface area contributed by atoms with Crippen molar-refractivity contribution in [1.29, 1.82) is 0 Å². The molecule has 4 rings (SSSR count). The Labute approximate surface area is 146 Å². The number of anilines is 2. The number of carbonyl (C=O) groups excluding carboxylic acids is 1. The number of fused-ring (bicyclic) bond motifs is 1. The molecular formula is C19H12F2N2OS. The van der Waals surface area contributed by atoms with E-state index >= 15 is 0 Å². The molecule has 2 heterocycles. The van der Waals surface area contributed by atoms with Crippen LogP contribution in [0.25, 0.3) is 0 Å². The summed E-state index contributed by atoms with van der Waals surface area (Å²) >= 11 is 1.50. The van der Waals surface area contributed by atoms with Crippen molar-refractivity contribution >= 4 is 34.3 Å². The molecule has 0 bridgehead atoms. The third kappa shape index (κ3) is 2.85. The Balaban J connectivity index is 1.73. The first-order chi connectivity index (χ1) is 12.1. The lowest BCUT2D eigenvalue weighted by atomic mass is 10.1. The maximum atomic E-state index is 13.3. The molecule has 3 aromatic rings. The van der Waals surface area contributed by atoms with Gasteiger partial charge in [0.25, 0.3) is 5.91 Å². The fourth-order valence-electron chi connectivity index (χ4n) is 2.87. The third-order valence-corrected chi connectivity index (χ3v) is 4.58. The molecule has 0 spiro atoms. The molecule has 0 saturated carbocycles. The van der Waals surface area contributed by atoms with Gasteiger partial charge >= 0.3 is 0 Å². The van der Waals surface area contributed by atoms with Gasteiger partial charge in [-0.3, -0.25) is 14.7 Å². The number of nitrogens with zero attached hydrogens (tertiary/aromatic N) is 2. The van der Waals surface area contributed by atoms with Crippen LogP contribution in [0.4, 0.5) is 20.2 Å². The quantitative estimate of drug-likeness (QED) is 0.671. The van der Waals surface area contributed by atoms with Crippen LogP contribution >= 0.6 is 11.3 Å². The van der Waals surface area contributed by atoms with E-state index in [0.29, 0.717) is 11.3 Å². The predicted molar refractivity (Wildman–Crippen MR) is 94.5 cm³/mol. The first-order valence-electron chi connectivity index (χ1n) is 7.59. The monoisotopic (exact) mass is 354 g/mol. The minimum absolute atomic E-state index is 0.0293. The molecule has 6 heteroatoms. The first-order valence-corrected chi connectivity index (χ1v) is 8.53. The fraction of sp³-hybridized carbons (Fsp3) is 0.0526. The van der Waals surface area contributed by atoms with Crippen molar-refractivity contribution < 1.29 is 13.6 Å². The Morgan fingerprint density at radius 1 is 1.04 bits per heavy atom. The number of aliphatic imine (C=N–C) groups is 1. The van der Waals surface area contributed by atoms with Gasteiger partial charge in [-0.1, -0.05) is 18.2 Å². The SMILES string of the molecule is O=C1C(=NCc2cc(F)cc(F)c2)c2ccccc2N1c1ccsc1. The molecule has 124 valence electrons. The number of hydrogen-bond donors (Lipinski definition) is 0. The highest BCUT2D eigenvalue weighted by molar-refractivity contribution is 7.08. The highest BCUT2D eigenvalue weighted by Gasteiger charge is 2.34. The van der Waals surface area contributed by atoms with Gasteiger partial charge in [0.1, 0.15) is 17.3 Å². The van der Waals surface area contributed by atoms with Crippen LogP contribution in [0.1, 0.15) is 11.1 Å². The lowest BCUT2D eigenvalue weighted by Gasteiger charge is -2.14. The summed E-state index contributed by atoms with van der Waals surface area (Å²) in [5.74, 6) is -1.56. The molecular weight excluding hydrogens is 342 g/mol. The number of amides is 1. The summed E-state index contributed by atoms with van der Waals surface area (Å²) in [4.78, 5) is 18.8. The van der Waals surface area contributed by atoms with Crippen molar-refractivity contribution in [2.45, 2.75) is 6.54 Å². The van der Waals surface area contributed by atoms with Crippen LogP contribution in [0.2, 0.25) is 0 Å². The highest BCUT2D eigenvalue weighted by atomic mass is 32.1. The van der Waals surface area contributed by atoms with Crippen molar-refractivity contribution in [1.82, 2.24) is 0 Å². The summed E-state index contributed by atoms with van der Waals surface area (Å²) in [6, 6.07) is 12.5. The molecule has 0 saturated heterocycles. The number of thiophene rings is 1. The van der Waals surface area contributed by atoms with Gasteiger partial charge in [0.05, 0.1) is 17.9 Å². The molecule has 1 amide bonds. The Hall–Kier alpha value is -2.86. The standard InChI is InChI=1S/C19H12F2N2OS/c20-13-7-12(8-14(21)9-13)10-22-18-16-3-1-2-4-17(16)23(19(18)24)15-5-6-25-11-15/h1-9,11H,10H2. The van der Waals surface area contributed by atoms with Gasteiger partial charge in [0.2, 0.25) is 0 Å². The van der Waals surface area contributed by atoms with E-state index in [2.05, 4.69) is 4.99 Å². The molecule has 3 nitrogen and oxygen atoms in total. The number of benzene rings is 2. The van der Waals surface area contributed by atoms with Crippen LogP contribution in [0, 0.1) is 11.6 Å². The lowest BCUT2D eigenvalue weighted by molar-refractivity contribution is -0.111. The lowest BCUT2D eigenvalue weighted by Crippen LogP contribution is -2.25. The number of carbonyl (C=O) groups is 1. The Bertz CT molecular complexity index is 963. The Morgan fingerprint density at radius 3 is 2.52 bits per heavy atom. The van der Waals surface area contributed by atoms with E-state index in [1.807, 2.05) is 41.1 Å². The van der Waals surface area contributed by atoms with E-state index in [1.54, 1.807) is 4.90 Å². The van der Waals surface area contributed by atoms with Gasteiger partial charge in [-0.15, -0.1) is 0 Å². The van der Waals surface area contributed by atoms with Crippen LogP contribution in [-0.4, -0.2) is 11.6 Å². The summed E-state index contributed by atoms with van der Waals surface area (Å²) < 4.78 is 26.7. The summed E-state index contributed by atoms with van der Waals surface area (Å²) in [7, 11) is 0. The zero-order chi connectivity index (χ0) is 17.4. The zero-order valence-electron chi connectivity index (χ0n) is 12.9. The maximum Gasteiger partial charge on any atom is 0.281 e. The van der Waals surface area contributed by atoms with E-state index in [-0.39, 0.29) is 12.5 Å². The topological polar surface area (TPSA) is 32.7 Å². The van der Waals surface area contributed by atoms with E-state index in [0.717, 1.165) is 23.0 Å². The number of para-hydroxylation sites is 1. The summed E-state index contributed by atoms with van der Waals surface area (Å²) in [6.07, 6.45) is 0. The van der Waals surface area contributed by atoms with E-state index in [1.165, 1.54) is 23.5 Å². The minimum atomic E-state index is -0.659. The smallest absolute Gasteiger partial charge is 0.274 e. The second kappa shape index (κ2) is 6.22. The second-order valence-corrected chi connectivity index (χ2v) is 6.36. The van der Waals surface area contributed by atoms with Gasteiger partial charge in [-0.05, 0) is 35.2 Å². The van der Waals surface area contributed by atoms with Crippen LogP contribution in [0.5, 0.6) is 0 Å².